The number of rotatable bonds is 1. The molecule has 1 aliphatic rings. The van der Waals surface area contributed by atoms with E-state index in [1.54, 1.807) is 0 Å². The summed E-state index contributed by atoms with van der Waals surface area (Å²) in [6.07, 6.45) is 0. The molecular formula is C11H7ClF6S. The van der Waals surface area contributed by atoms with Gasteiger partial charge >= 0.3 is 11.8 Å². The van der Waals surface area contributed by atoms with Gasteiger partial charge in [0, 0.05) is 4.88 Å². The largest absolute Gasteiger partial charge is 0.364 e. The summed E-state index contributed by atoms with van der Waals surface area (Å²) in [4.78, 5) is 0.160. The first-order chi connectivity index (χ1) is 8.53. The number of hydrogen-bond donors (Lipinski definition) is 0. The van der Waals surface area contributed by atoms with Gasteiger partial charge in [-0.25, -0.2) is 8.78 Å². The SMILES string of the molecule is Cc1sc(Cl)c(C)c1C1C(F)=C(F)C(F)(F)C1(F)F. The van der Waals surface area contributed by atoms with E-state index in [1.165, 1.54) is 13.8 Å². The average Bonchev–Trinajstić information content (AvgIpc) is 2.59. The molecule has 1 atom stereocenters. The van der Waals surface area contributed by atoms with Gasteiger partial charge in [0.1, 0.15) is 5.92 Å². The number of halogens is 7. The molecule has 0 N–H and O–H groups in total. The third-order valence-corrected chi connectivity index (χ3v) is 4.66. The predicted molar refractivity (Wildman–Crippen MR) is 60.7 cm³/mol. The van der Waals surface area contributed by atoms with Gasteiger partial charge in [-0.05, 0) is 25.0 Å². The van der Waals surface area contributed by atoms with Crippen LogP contribution in [0.15, 0.2) is 11.7 Å². The third-order valence-electron chi connectivity index (χ3n) is 3.13. The molecule has 0 saturated carbocycles. The van der Waals surface area contributed by atoms with Gasteiger partial charge < -0.3 is 0 Å². The molecule has 0 aromatic carbocycles. The highest BCUT2D eigenvalue weighted by Gasteiger charge is 2.72. The Hall–Kier alpha value is -0.690. The Morgan fingerprint density at radius 1 is 1.11 bits per heavy atom. The molecule has 0 radical (unpaired) electrons. The van der Waals surface area contributed by atoms with Crippen molar-refractivity contribution in [2.45, 2.75) is 31.6 Å². The minimum Gasteiger partial charge on any atom is -0.208 e. The van der Waals surface area contributed by atoms with Crippen molar-refractivity contribution in [1.29, 1.82) is 0 Å². The quantitative estimate of drug-likeness (QED) is 0.596. The summed E-state index contributed by atoms with van der Waals surface area (Å²) in [5.74, 6) is -17.5. The maximum absolute atomic E-state index is 13.6. The van der Waals surface area contributed by atoms with Crippen LogP contribution in [0.3, 0.4) is 0 Å². The molecule has 1 aromatic heterocycles. The van der Waals surface area contributed by atoms with E-state index >= 15 is 0 Å². The molecule has 0 bridgehead atoms. The van der Waals surface area contributed by atoms with Crippen molar-refractivity contribution in [3.63, 3.8) is 0 Å². The van der Waals surface area contributed by atoms with Crippen molar-refractivity contribution in [3.8, 4) is 0 Å². The molecule has 0 nitrogen and oxygen atoms in total. The lowest BCUT2D eigenvalue weighted by atomic mass is 9.91. The van der Waals surface area contributed by atoms with Crippen molar-refractivity contribution in [2.75, 3.05) is 0 Å². The van der Waals surface area contributed by atoms with E-state index in [-0.39, 0.29) is 20.3 Å². The number of aryl methyl sites for hydroxylation is 1. The average molecular weight is 321 g/mol. The summed E-state index contributed by atoms with van der Waals surface area (Å²) in [5.41, 5.74) is -0.306. The fourth-order valence-electron chi connectivity index (χ4n) is 2.13. The van der Waals surface area contributed by atoms with Crippen LogP contribution in [-0.2, 0) is 0 Å². The van der Waals surface area contributed by atoms with E-state index in [0.29, 0.717) is 0 Å². The summed E-state index contributed by atoms with van der Waals surface area (Å²) >= 11 is 6.58. The zero-order valence-corrected chi connectivity index (χ0v) is 11.2. The van der Waals surface area contributed by atoms with Gasteiger partial charge in [0.2, 0.25) is 5.83 Å². The van der Waals surface area contributed by atoms with Gasteiger partial charge in [-0.3, -0.25) is 0 Å². The van der Waals surface area contributed by atoms with Crippen LogP contribution in [0, 0.1) is 13.8 Å². The van der Waals surface area contributed by atoms with Gasteiger partial charge in [0.05, 0.1) is 4.34 Å². The molecule has 0 fully saturated rings. The molecular weight excluding hydrogens is 314 g/mol. The van der Waals surface area contributed by atoms with E-state index < -0.39 is 29.4 Å². The molecule has 1 aromatic rings. The first kappa shape index (κ1) is 14.7. The maximum atomic E-state index is 13.6. The molecule has 0 spiro atoms. The van der Waals surface area contributed by atoms with Crippen molar-refractivity contribution in [2.24, 2.45) is 0 Å². The van der Waals surface area contributed by atoms with Crippen LogP contribution in [0.25, 0.3) is 0 Å². The fourth-order valence-corrected chi connectivity index (χ4v) is 3.49. The van der Waals surface area contributed by atoms with Gasteiger partial charge in [-0.15, -0.1) is 11.3 Å². The third kappa shape index (κ3) is 1.74. The summed E-state index contributed by atoms with van der Waals surface area (Å²) in [7, 11) is 0. The minimum atomic E-state index is -5.14. The smallest absolute Gasteiger partial charge is 0.208 e. The van der Waals surface area contributed by atoms with E-state index in [4.69, 9.17) is 11.6 Å². The minimum absolute atomic E-state index is 0.0643. The predicted octanol–water partition coefficient (Wildman–Crippen LogP) is 5.54. The first-order valence-corrected chi connectivity index (χ1v) is 6.29. The van der Waals surface area contributed by atoms with Gasteiger partial charge in [-0.2, -0.15) is 17.6 Å². The molecule has 2 rings (SSSR count). The van der Waals surface area contributed by atoms with Crippen molar-refractivity contribution in [3.05, 3.63) is 32.0 Å². The first-order valence-electron chi connectivity index (χ1n) is 5.10. The van der Waals surface area contributed by atoms with Crippen LogP contribution in [0.4, 0.5) is 26.3 Å². The number of allylic oxidation sites excluding steroid dienone is 2. The molecule has 1 unspecified atom stereocenters. The summed E-state index contributed by atoms with van der Waals surface area (Å²) in [6, 6.07) is 0. The summed E-state index contributed by atoms with van der Waals surface area (Å²) < 4.78 is 80.2. The van der Waals surface area contributed by atoms with E-state index in [0.717, 1.165) is 11.3 Å². The highest BCUT2D eigenvalue weighted by molar-refractivity contribution is 7.16. The molecule has 1 aliphatic carbocycles. The second-order valence-corrected chi connectivity index (χ2v) is 6.09. The molecule has 0 saturated heterocycles. The van der Waals surface area contributed by atoms with Crippen molar-refractivity contribution >= 4 is 22.9 Å². The van der Waals surface area contributed by atoms with Crippen molar-refractivity contribution in [1.82, 2.24) is 0 Å². The summed E-state index contributed by atoms with van der Waals surface area (Å²) in [5, 5.41) is 0. The molecule has 8 heteroatoms. The second kappa shape index (κ2) is 4.15. The van der Waals surface area contributed by atoms with Crippen LogP contribution >= 0.6 is 22.9 Å². The van der Waals surface area contributed by atoms with Crippen LogP contribution in [0.2, 0.25) is 4.34 Å². The Labute approximate surface area is 113 Å². The van der Waals surface area contributed by atoms with Crippen LogP contribution < -0.4 is 0 Å². The Morgan fingerprint density at radius 3 is 1.95 bits per heavy atom. The lowest BCUT2D eigenvalue weighted by Crippen LogP contribution is -2.40. The van der Waals surface area contributed by atoms with E-state index in [1.807, 2.05) is 0 Å². The highest BCUT2D eigenvalue weighted by atomic mass is 35.5. The molecule has 1 heterocycles. The van der Waals surface area contributed by atoms with Gasteiger partial charge in [0.25, 0.3) is 0 Å². The lowest BCUT2D eigenvalue weighted by molar-refractivity contribution is -0.189. The molecule has 19 heavy (non-hydrogen) atoms. The lowest BCUT2D eigenvalue weighted by Gasteiger charge is -2.24. The fraction of sp³-hybridized carbons (Fsp3) is 0.455. The van der Waals surface area contributed by atoms with Gasteiger partial charge in [0.15, 0.2) is 5.83 Å². The van der Waals surface area contributed by atoms with Crippen LogP contribution in [0.5, 0.6) is 0 Å². The monoisotopic (exact) mass is 320 g/mol. The van der Waals surface area contributed by atoms with E-state index in [2.05, 4.69) is 0 Å². The topological polar surface area (TPSA) is 0 Å². The normalized spacial score (nSPS) is 25.2. The van der Waals surface area contributed by atoms with Crippen LogP contribution in [-0.4, -0.2) is 11.8 Å². The van der Waals surface area contributed by atoms with Crippen molar-refractivity contribution < 1.29 is 26.3 Å². The second-order valence-electron chi connectivity index (χ2n) is 4.26. The maximum Gasteiger partial charge on any atom is 0.364 e. The number of alkyl halides is 4. The Bertz CT molecular complexity index is 574. The Kier molecular flexibility index (Phi) is 3.21. The molecule has 0 amide bonds. The molecule has 106 valence electrons. The van der Waals surface area contributed by atoms with E-state index in [9.17, 15) is 26.3 Å². The number of hydrogen-bond acceptors (Lipinski definition) is 1. The van der Waals surface area contributed by atoms with Gasteiger partial charge in [-0.1, -0.05) is 11.6 Å². The Balaban J connectivity index is 2.70. The zero-order valence-electron chi connectivity index (χ0n) is 9.63. The van der Waals surface area contributed by atoms with Crippen LogP contribution in [0.1, 0.15) is 21.9 Å². The number of thiophene rings is 1. The highest BCUT2D eigenvalue weighted by Crippen LogP contribution is 2.61. The summed E-state index contributed by atoms with van der Waals surface area (Å²) in [6.45, 7) is 2.65. The zero-order chi connectivity index (χ0) is 14.7. The Morgan fingerprint density at radius 2 is 1.63 bits per heavy atom. The standard InChI is InChI=1S/C11H7ClF6S/c1-3-5(4(2)19-9(3)12)6-7(13)8(14)11(17,18)10(6,15)16/h6H,1-2H3. The molecule has 0 aliphatic heterocycles.